The minimum Gasteiger partial charge on any atom is -0.508 e. The molecule has 0 saturated heterocycles. The maximum Gasteiger partial charge on any atom is 0.328 e. The van der Waals surface area contributed by atoms with Crippen LogP contribution in [0.25, 0.3) is 12.2 Å². The minimum absolute atomic E-state index is 0. The number of ether oxygens (including phenoxy) is 4. The Morgan fingerprint density at radius 1 is 0.698 bits per heavy atom. The molecule has 12 heteroatoms. The van der Waals surface area contributed by atoms with Crippen molar-refractivity contribution in [2.24, 2.45) is 23.3 Å². The lowest BCUT2D eigenvalue weighted by molar-refractivity contribution is -0.137. The van der Waals surface area contributed by atoms with Crippen LogP contribution in [0.1, 0.15) is 38.8 Å². The molecule has 236 valence electrons. The minimum atomic E-state index is -0.773. The summed E-state index contributed by atoms with van der Waals surface area (Å²) in [4.78, 5) is 36.7. The van der Waals surface area contributed by atoms with Crippen LogP contribution in [0.15, 0.2) is 60.4 Å². The Morgan fingerprint density at radius 2 is 1.09 bits per heavy atom. The van der Waals surface area contributed by atoms with Gasteiger partial charge in [0.1, 0.15) is 17.8 Å². The van der Waals surface area contributed by atoms with Gasteiger partial charge in [-0.05, 0) is 59.4 Å². The quantitative estimate of drug-likeness (QED) is 0.0889. The number of allylic oxidation sites excluding steroid dienone is 3. The molecule has 0 spiro atoms. The molecule has 0 saturated carbocycles. The number of nitrogens with two attached hydrogens (primary N) is 2. The van der Waals surface area contributed by atoms with E-state index in [2.05, 4.69) is 0 Å². The molecule has 2 rings (SSSR count). The number of carbonyl (C=O) groups excluding carboxylic acids is 3. The average Bonchev–Trinajstić information content (AvgIpc) is 2.94. The molecule has 5 N–H and O–H groups in total. The number of halogens is 2. The second-order valence-corrected chi connectivity index (χ2v) is 9.84. The van der Waals surface area contributed by atoms with Gasteiger partial charge in [-0.1, -0.05) is 52.0 Å². The zero-order valence-corrected chi connectivity index (χ0v) is 26.6. The van der Waals surface area contributed by atoms with E-state index in [-0.39, 0.29) is 53.9 Å². The van der Waals surface area contributed by atoms with Crippen molar-refractivity contribution in [3.05, 3.63) is 71.5 Å². The van der Waals surface area contributed by atoms with Gasteiger partial charge in [0.15, 0.2) is 28.8 Å². The predicted molar refractivity (Wildman–Crippen MR) is 171 cm³/mol. The second kappa shape index (κ2) is 18.7. The van der Waals surface area contributed by atoms with E-state index in [0.717, 1.165) is 6.08 Å². The summed E-state index contributed by atoms with van der Waals surface area (Å²) in [6, 6.07) is 8.06. The first-order chi connectivity index (χ1) is 19.4. The van der Waals surface area contributed by atoms with Gasteiger partial charge in [0, 0.05) is 6.08 Å². The zero-order chi connectivity index (χ0) is 30.7. The van der Waals surface area contributed by atoms with E-state index >= 15 is 0 Å². The molecule has 0 aliphatic rings. The van der Waals surface area contributed by atoms with Crippen LogP contribution in [0.5, 0.6) is 23.0 Å². The summed E-state index contributed by atoms with van der Waals surface area (Å²) in [6.45, 7) is 7.27. The van der Waals surface area contributed by atoms with E-state index in [4.69, 9.17) is 30.4 Å². The van der Waals surface area contributed by atoms with E-state index < -0.39 is 29.8 Å². The third kappa shape index (κ3) is 12.1. The third-order valence-electron chi connectivity index (χ3n) is 5.95. The first-order valence-electron chi connectivity index (χ1n) is 13.0. The summed E-state index contributed by atoms with van der Waals surface area (Å²) in [5.41, 5.74) is 12.9. The topological polar surface area (TPSA) is 160 Å². The molecular formula is C31H40Cl2N2O8. The van der Waals surface area contributed by atoms with Crippen LogP contribution < -0.4 is 30.4 Å². The summed E-state index contributed by atoms with van der Waals surface area (Å²) in [5, 5.41) is 10.2. The maximum absolute atomic E-state index is 12.3. The molecule has 2 aromatic carbocycles. The predicted octanol–water partition coefficient (Wildman–Crippen LogP) is 5.06. The van der Waals surface area contributed by atoms with Gasteiger partial charge in [0.2, 0.25) is 0 Å². The molecule has 0 unspecified atom stereocenters. The smallest absolute Gasteiger partial charge is 0.328 e. The lowest BCUT2D eigenvalue weighted by Gasteiger charge is -2.16. The number of methoxy groups -OCH3 is 2. The number of benzene rings is 2. The Kier molecular flexibility index (Phi) is 17.0. The van der Waals surface area contributed by atoms with Crippen molar-refractivity contribution in [1.82, 2.24) is 0 Å². The second-order valence-electron chi connectivity index (χ2n) is 9.84. The largest absolute Gasteiger partial charge is 0.508 e. The van der Waals surface area contributed by atoms with Crippen LogP contribution in [-0.4, -0.2) is 49.1 Å². The molecule has 0 aliphatic carbocycles. The summed E-state index contributed by atoms with van der Waals surface area (Å²) in [6.07, 6.45) is 6.75. The first kappa shape index (κ1) is 39.2. The van der Waals surface area contributed by atoms with Crippen LogP contribution in [0.2, 0.25) is 0 Å². The third-order valence-corrected chi connectivity index (χ3v) is 5.95. The van der Waals surface area contributed by atoms with Gasteiger partial charge in [-0.15, -0.1) is 24.8 Å². The lowest BCUT2D eigenvalue weighted by atomic mass is 10.1. The maximum atomic E-state index is 12.3. The number of carbonyl (C=O) groups is 3. The highest BCUT2D eigenvalue weighted by atomic mass is 35.5. The number of ketones is 1. The fourth-order valence-corrected chi connectivity index (χ4v) is 3.24. The highest BCUT2D eigenvalue weighted by Gasteiger charge is 2.22. The fraction of sp³-hybridized carbons (Fsp3) is 0.323. The van der Waals surface area contributed by atoms with Gasteiger partial charge in [-0.2, -0.15) is 0 Å². The van der Waals surface area contributed by atoms with Gasteiger partial charge >= 0.3 is 11.9 Å². The van der Waals surface area contributed by atoms with Gasteiger partial charge in [0.05, 0.1) is 14.2 Å². The van der Waals surface area contributed by atoms with Gasteiger partial charge in [-0.25, -0.2) is 9.59 Å². The summed E-state index contributed by atoms with van der Waals surface area (Å²) < 4.78 is 21.3. The van der Waals surface area contributed by atoms with Crippen LogP contribution in [0.4, 0.5) is 0 Å². The molecule has 0 aromatic heterocycles. The molecule has 0 heterocycles. The first-order valence-corrected chi connectivity index (χ1v) is 13.0. The molecule has 0 radical (unpaired) electrons. The normalized spacial score (nSPS) is 12.8. The van der Waals surface area contributed by atoms with E-state index in [9.17, 15) is 19.5 Å². The molecule has 0 fully saturated rings. The van der Waals surface area contributed by atoms with E-state index in [0.29, 0.717) is 22.6 Å². The van der Waals surface area contributed by atoms with Crippen LogP contribution in [0, 0.1) is 11.8 Å². The molecule has 0 aliphatic heterocycles. The highest BCUT2D eigenvalue weighted by molar-refractivity contribution is 6.02. The molecule has 2 atom stereocenters. The van der Waals surface area contributed by atoms with Crippen molar-refractivity contribution in [1.29, 1.82) is 0 Å². The Hall–Kier alpha value is -3.83. The van der Waals surface area contributed by atoms with Gasteiger partial charge < -0.3 is 35.5 Å². The van der Waals surface area contributed by atoms with Crippen LogP contribution in [-0.2, 0) is 14.4 Å². The summed E-state index contributed by atoms with van der Waals surface area (Å²) in [7, 11) is 2.86. The molecule has 43 heavy (non-hydrogen) atoms. The van der Waals surface area contributed by atoms with Crippen LogP contribution >= 0.6 is 24.8 Å². The number of hydrogen-bond acceptors (Lipinski definition) is 10. The molecule has 10 nitrogen and oxygen atoms in total. The van der Waals surface area contributed by atoms with Gasteiger partial charge in [-0.3, -0.25) is 4.79 Å². The zero-order valence-electron chi connectivity index (χ0n) is 24.9. The van der Waals surface area contributed by atoms with E-state index in [1.807, 2.05) is 27.7 Å². The summed E-state index contributed by atoms with van der Waals surface area (Å²) in [5.74, 6) is -1.04. The van der Waals surface area contributed by atoms with Gasteiger partial charge in [0.25, 0.3) is 0 Å². The lowest BCUT2D eigenvalue weighted by Crippen LogP contribution is -2.38. The Bertz CT molecular complexity index is 1340. The SMILES string of the molecule is COc1cc(/C=C/C(=O)C=C(O)/C=C/c2ccc(OC(=O)[C@@H](N)C(C)C)c(OC)c2)ccc1OC(=O)[C@@H](N)C(C)C.Cl.Cl. The molecule has 2 aromatic rings. The number of hydrogen-bond donors (Lipinski definition) is 3. The molecular weight excluding hydrogens is 599 g/mol. The van der Waals surface area contributed by atoms with Crippen molar-refractivity contribution in [2.75, 3.05) is 14.2 Å². The van der Waals surface area contributed by atoms with Crippen molar-refractivity contribution in [3.63, 3.8) is 0 Å². The summed E-state index contributed by atoms with van der Waals surface area (Å²) >= 11 is 0. The van der Waals surface area contributed by atoms with Crippen LogP contribution in [0.3, 0.4) is 0 Å². The number of aliphatic hydroxyl groups excluding tert-OH is 1. The standard InChI is InChI=1S/C31H38N2O8.2ClH/c1-18(2)28(32)30(36)40-24-13-9-20(15-26(24)38-5)7-11-22(34)17-23(35)12-8-21-10-14-25(27(16-21)39-6)41-31(37)29(33)19(3)4;;/h7-19,28-29,34H,32-33H2,1-6H3;2*1H/b11-7+,12-8+,22-17?;;/t28-,29-;;/m0../s1. The average molecular weight is 640 g/mol. The Labute approximate surface area is 264 Å². The molecule has 0 bridgehead atoms. The monoisotopic (exact) mass is 638 g/mol. The Balaban J connectivity index is 0.00000882. The Morgan fingerprint density at radius 3 is 1.47 bits per heavy atom. The van der Waals surface area contributed by atoms with Crippen molar-refractivity contribution in [3.8, 4) is 23.0 Å². The number of esters is 2. The fourth-order valence-electron chi connectivity index (χ4n) is 3.24. The molecule has 0 amide bonds. The van der Waals surface area contributed by atoms with Crippen molar-refractivity contribution < 1.29 is 38.4 Å². The number of rotatable bonds is 13. The number of aliphatic hydroxyl groups is 1. The van der Waals surface area contributed by atoms with E-state index in [1.165, 1.54) is 32.4 Å². The van der Waals surface area contributed by atoms with Crippen molar-refractivity contribution >= 4 is 54.7 Å². The van der Waals surface area contributed by atoms with E-state index in [1.54, 1.807) is 42.5 Å². The van der Waals surface area contributed by atoms with Crippen molar-refractivity contribution in [2.45, 2.75) is 39.8 Å². The highest BCUT2D eigenvalue weighted by Crippen LogP contribution is 2.30.